The van der Waals surface area contributed by atoms with Gasteiger partial charge in [-0.25, -0.2) is 0 Å². The van der Waals surface area contributed by atoms with Gasteiger partial charge in [0.25, 0.3) is 0 Å². The Morgan fingerprint density at radius 3 is 2.50 bits per heavy atom. The minimum absolute atomic E-state index is 0.299. The molecule has 0 unspecified atom stereocenters. The van der Waals surface area contributed by atoms with E-state index >= 15 is 0 Å². The zero-order valence-electron chi connectivity index (χ0n) is 8.09. The van der Waals surface area contributed by atoms with Crippen molar-refractivity contribution in [2.45, 2.75) is 24.8 Å². The summed E-state index contributed by atoms with van der Waals surface area (Å²) >= 11 is 5.89. The van der Waals surface area contributed by atoms with E-state index in [4.69, 9.17) is 11.6 Å². The second-order valence-corrected chi connectivity index (χ2v) is 5.02. The van der Waals surface area contributed by atoms with Crippen LogP contribution in [0.4, 0.5) is 0 Å². The Bertz CT molecular complexity index is 332. The second kappa shape index (κ2) is 2.98. The molecule has 4 rings (SSSR count). The van der Waals surface area contributed by atoms with Gasteiger partial charge in [0.05, 0.1) is 0 Å². The van der Waals surface area contributed by atoms with Crippen LogP contribution in [0, 0.1) is 5.92 Å². The lowest BCUT2D eigenvalue weighted by atomic mass is 9.61. The summed E-state index contributed by atoms with van der Waals surface area (Å²) < 4.78 is 0. The molecule has 0 atom stereocenters. The van der Waals surface area contributed by atoms with Crippen LogP contribution in [0.25, 0.3) is 0 Å². The zero-order chi connectivity index (χ0) is 9.60. The fraction of sp³-hybridized carbons (Fsp3) is 0.500. The van der Waals surface area contributed by atoms with Crippen LogP contribution in [-0.4, -0.2) is 6.54 Å². The summed E-state index contributed by atoms with van der Waals surface area (Å²) in [6.07, 6.45) is 3.98. The predicted octanol–water partition coefficient (Wildman–Crippen LogP) is 2.94. The standard InChI is InChI=1S/C12H14ClN/c13-11-3-1-10(2-4-11)12-7-9(8-12)5-6-14-12/h1-4,9,14H,5-8H2. The van der Waals surface area contributed by atoms with Crippen LogP contribution in [-0.2, 0) is 5.54 Å². The smallest absolute Gasteiger partial charge is 0.0440 e. The van der Waals surface area contributed by atoms with E-state index in [0.717, 1.165) is 10.9 Å². The molecule has 0 aromatic heterocycles. The highest BCUT2D eigenvalue weighted by molar-refractivity contribution is 6.30. The summed E-state index contributed by atoms with van der Waals surface area (Å²) in [4.78, 5) is 0. The first-order valence-electron chi connectivity index (χ1n) is 5.30. The Labute approximate surface area is 89.5 Å². The predicted molar refractivity (Wildman–Crippen MR) is 58.5 cm³/mol. The summed E-state index contributed by atoms with van der Waals surface area (Å²) in [7, 11) is 0. The van der Waals surface area contributed by atoms with E-state index in [-0.39, 0.29) is 0 Å². The molecule has 2 aliphatic heterocycles. The lowest BCUT2D eigenvalue weighted by Gasteiger charge is -2.53. The van der Waals surface area contributed by atoms with Crippen molar-refractivity contribution in [3.8, 4) is 0 Å². The van der Waals surface area contributed by atoms with E-state index in [1.165, 1.54) is 31.4 Å². The molecule has 3 aliphatic rings. The van der Waals surface area contributed by atoms with Crippen molar-refractivity contribution in [3.05, 3.63) is 34.9 Å². The van der Waals surface area contributed by atoms with E-state index in [9.17, 15) is 0 Å². The number of halogens is 1. The first-order chi connectivity index (χ1) is 6.78. The Kier molecular flexibility index (Phi) is 1.86. The maximum Gasteiger partial charge on any atom is 0.0440 e. The molecule has 74 valence electrons. The first-order valence-corrected chi connectivity index (χ1v) is 5.67. The van der Waals surface area contributed by atoms with Gasteiger partial charge in [-0.2, -0.15) is 0 Å². The highest BCUT2D eigenvalue weighted by Gasteiger charge is 2.47. The Hall–Kier alpha value is -0.530. The van der Waals surface area contributed by atoms with Crippen molar-refractivity contribution in [3.63, 3.8) is 0 Å². The van der Waals surface area contributed by atoms with Crippen LogP contribution in [0.2, 0.25) is 5.02 Å². The Morgan fingerprint density at radius 1 is 1.21 bits per heavy atom. The normalized spacial score (nSPS) is 35.1. The van der Waals surface area contributed by atoms with Crippen molar-refractivity contribution in [1.82, 2.24) is 5.32 Å². The third-order valence-electron chi connectivity index (χ3n) is 3.69. The number of nitrogens with one attached hydrogen (secondary N) is 1. The molecule has 0 amide bonds. The van der Waals surface area contributed by atoms with Crippen LogP contribution in [0.1, 0.15) is 24.8 Å². The molecular weight excluding hydrogens is 194 g/mol. The number of hydrogen-bond donors (Lipinski definition) is 1. The molecule has 2 saturated heterocycles. The van der Waals surface area contributed by atoms with E-state index in [1.807, 2.05) is 12.1 Å². The molecule has 1 aromatic rings. The molecule has 0 spiro atoms. The van der Waals surface area contributed by atoms with Crippen LogP contribution in [0.15, 0.2) is 24.3 Å². The number of piperidine rings is 2. The fourth-order valence-electron chi connectivity index (χ4n) is 2.90. The molecule has 1 aromatic carbocycles. The highest BCUT2D eigenvalue weighted by atomic mass is 35.5. The molecule has 2 bridgehead atoms. The van der Waals surface area contributed by atoms with Gasteiger partial charge in [-0.1, -0.05) is 23.7 Å². The van der Waals surface area contributed by atoms with Crippen molar-refractivity contribution >= 4 is 11.6 Å². The Morgan fingerprint density at radius 2 is 1.93 bits per heavy atom. The number of benzene rings is 1. The van der Waals surface area contributed by atoms with Gasteiger partial charge in [0.1, 0.15) is 0 Å². The van der Waals surface area contributed by atoms with Gasteiger partial charge in [0, 0.05) is 10.6 Å². The minimum Gasteiger partial charge on any atom is -0.307 e. The van der Waals surface area contributed by atoms with Crippen LogP contribution in [0.5, 0.6) is 0 Å². The molecule has 1 saturated carbocycles. The zero-order valence-corrected chi connectivity index (χ0v) is 8.85. The molecule has 2 heteroatoms. The lowest BCUT2D eigenvalue weighted by Crippen LogP contribution is -2.57. The van der Waals surface area contributed by atoms with Crippen molar-refractivity contribution in [1.29, 1.82) is 0 Å². The van der Waals surface area contributed by atoms with Gasteiger partial charge in [-0.3, -0.25) is 0 Å². The average molecular weight is 208 g/mol. The van der Waals surface area contributed by atoms with Gasteiger partial charge < -0.3 is 5.32 Å². The maximum absolute atomic E-state index is 5.89. The van der Waals surface area contributed by atoms with Crippen LogP contribution < -0.4 is 5.32 Å². The monoisotopic (exact) mass is 207 g/mol. The van der Waals surface area contributed by atoms with Gasteiger partial charge in [-0.05, 0) is 49.4 Å². The molecule has 0 radical (unpaired) electrons. The number of hydrogen-bond acceptors (Lipinski definition) is 1. The lowest BCUT2D eigenvalue weighted by molar-refractivity contribution is 0.0502. The van der Waals surface area contributed by atoms with Gasteiger partial charge in [0.2, 0.25) is 0 Å². The quantitative estimate of drug-likeness (QED) is 0.747. The van der Waals surface area contributed by atoms with Crippen molar-refractivity contribution < 1.29 is 0 Å². The molecule has 1 N–H and O–H groups in total. The molecule has 2 heterocycles. The van der Waals surface area contributed by atoms with Gasteiger partial charge in [-0.15, -0.1) is 0 Å². The fourth-order valence-corrected chi connectivity index (χ4v) is 3.02. The Balaban J connectivity index is 1.91. The number of rotatable bonds is 1. The summed E-state index contributed by atoms with van der Waals surface area (Å²) in [5.74, 6) is 0.965. The largest absolute Gasteiger partial charge is 0.307 e. The third kappa shape index (κ3) is 1.19. The van der Waals surface area contributed by atoms with Crippen molar-refractivity contribution in [2.75, 3.05) is 6.54 Å². The molecular formula is C12H14ClN. The van der Waals surface area contributed by atoms with Crippen LogP contribution >= 0.6 is 11.6 Å². The van der Waals surface area contributed by atoms with Gasteiger partial charge >= 0.3 is 0 Å². The molecule has 3 fully saturated rings. The second-order valence-electron chi connectivity index (χ2n) is 4.58. The maximum atomic E-state index is 5.89. The van der Waals surface area contributed by atoms with Crippen LogP contribution in [0.3, 0.4) is 0 Å². The third-order valence-corrected chi connectivity index (χ3v) is 3.94. The average Bonchev–Trinajstić information content (AvgIpc) is 2.18. The summed E-state index contributed by atoms with van der Waals surface area (Å²) in [6, 6.07) is 8.32. The highest BCUT2D eigenvalue weighted by Crippen LogP contribution is 2.49. The van der Waals surface area contributed by atoms with E-state index < -0.39 is 0 Å². The minimum atomic E-state index is 0.299. The van der Waals surface area contributed by atoms with E-state index in [2.05, 4.69) is 17.4 Å². The summed E-state index contributed by atoms with van der Waals surface area (Å²) in [6.45, 7) is 1.17. The first kappa shape index (κ1) is 8.75. The molecule has 14 heavy (non-hydrogen) atoms. The van der Waals surface area contributed by atoms with E-state index in [1.54, 1.807) is 0 Å². The summed E-state index contributed by atoms with van der Waals surface area (Å²) in [5, 5.41) is 4.48. The SMILES string of the molecule is Clc1ccc(C23CC(CCN2)C3)cc1. The molecule has 1 aliphatic carbocycles. The number of fused-ring (bicyclic) bond motifs is 2. The topological polar surface area (TPSA) is 12.0 Å². The molecule has 1 nitrogen and oxygen atoms in total. The van der Waals surface area contributed by atoms with Crippen molar-refractivity contribution in [2.24, 2.45) is 5.92 Å². The van der Waals surface area contributed by atoms with Gasteiger partial charge in [0.15, 0.2) is 0 Å². The van der Waals surface area contributed by atoms with E-state index in [0.29, 0.717) is 5.54 Å². The summed E-state index contributed by atoms with van der Waals surface area (Å²) in [5.41, 5.74) is 1.71.